The summed E-state index contributed by atoms with van der Waals surface area (Å²) in [7, 11) is 0. The summed E-state index contributed by atoms with van der Waals surface area (Å²) < 4.78 is 0. The maximum atomic E-state index is 12.1. The maximum absolute atomic E-state index is 12.1. The summed E-state index contributed by atoms with van der Waals surface area (Å²) in [6.07, 6.45) is 10.0. The monoisotopic (exact) mass is 284 g/mol. The number of aliphatic hydroxyl groups excluding tert-OH is 1. The molecule has 20 heavy (non-hydrogen) atoms. The number of nitrogens with two attached hydrogens (primary N) is 1. The maximum Gasteiger partial charge on any atom is 0.220 e. The molecule has 4 N–H and O–H groups in total. The smallest absolute Gasteiger partial charge is 0.220 e. The molecule has 0 radical (unpaired) electrons. The highest BCUT2D eigenvalue weighted by Crippen LogP contribution is 2.28. The van der Waals surface area contributed by atoms with Crippen LogP contribution in [0.3, 0.4) is 0 Å². The van der Waals surface area contributed by atoms with Crippen molar-refractivity contribution in [2.75, 3.05) is 13.2 Å². The average molecular weight is 284 g/mol. The Morgan fingerprint density at radius 2 is 1.95 bits per heavy atom. The molecule has 4 heteroatoms. The van der Waals surface area contributed by atoms with Crippen LogP contribution >= 0.6 is 0 Å². The third-order valence-corrected chi connectivity index (χ3v) is 4.57. The minimum absolute atomic E-state index is 0.0694. The second-order valence-electron chi connectivity index (χ2n) is 6.32. The zero-order valence-corrected chi connectivity index (χ0v) is 13.0. The van der Waals surface area contributed by atoms with Crippen molar-refractivity contribution in [2.24, 2.45) is 11.7 Å². The van der Waals surface area contributed by atoms with Crippen LogP contribution in [0.2, 0.25) is 0 Å². The first-order chi connectivity index (χ1) is 9.65. The molecule has 0 heterocycles. The molecular formula is C16H32N2O2. The zero-order valence-electron chi connectivity index (χ0n) is 13.0. The number of carbonyl (C=O) groups excluding carboxylic acids is 1. The van der Waals surface area contributed by atoms with Crippen molar-refractivity contribution >= 4 is 5.91 Å². The molecule has 1 aliphatic carbocycles. The van der Waals surface area contributed by atoms with Gasteiger partial charge >= 0.3 is 0 Å². The fraction of sp³-hybridized carbons (Fsp3) is 0.938. The number of aliphatic hydroxyl groups is 1. The molecule has 0 saturated heterocycles. The van der Waals surface area contributed by atoms with Gasteiger partial charge < -0.3 is 16.2 Å². The third-order valence-electron chi connectivity index (χ3n) is 4.57. The fourth-order valence-electron chi connectivity index (χ4n) is 3.32. The van der Waals surface area contributed by atoms with Gasteiger partial charge in [0.25, 0.3) is 0 Å². The molecule has 118 valence electrons. The van der Waals surface area contributed by atoms with Crippen LogP contribution in [0.4, 0.5) is 0 Å². The highest BCUT2D eigenvalue weighted by Gasteiger charge is 2.32. The summed E-state index contributed by atoms with van der Waals surface area (Å²) in [5.74, 6) is 0.659. The van der Waals surface area contributed by atoms with Gasteiger partial charge in [-0.1, -0.05) is 39.0 Å². The highest BCUT2D eigenvalue weighted by molar-refractivity contribution is 5.76. The number of hydrogen-bond acceptors (Lipinski definition) is 3. The van der Waals surface area contributed by atoms with Crippen molar-refractivity contribution in [1.29, 1.82) is 0 Å². The van der Waals surface area contributed by atoms with E-state index in [0.717, 1.165) is 51.4 Å². The van der Waals surface area contributed by atoms with Gasteiger partial charge in [0, 0.05) is 6.42 Å². The summed E-state index contributed by atoms with van der Waals surface area (Å²) in [5, 5.41) is 12.7. The van der Waals surface area contributed by atoms with Crippen LogP contribution in [-0.2, 0) is 4.79 Å². The number of hydrogen-bond donors (Lipinski definition) is 3. The van der Waals surface area contributed by atoms with Gasteiger partial charge in [-0.3, -0.25) is 4.79 Å². The van der Waals surface area contributed by atoms with E-state index in [9.17, 15) is 9.90 Å². The lowest BCUT2D eigenvalue weighted by Gasteiger charge is -2.36. The van der Waals surface area contributed by atoms with Crippen molar-refractivity contribution in [3.05, 3.63) is 0 Å². The molecule has 1 amide bonds. The van der Waals surface area contributed by atoms with Gasteiger partial charge in [0.05, 0.1) is 12.1 Å². The van der Waals surface area contributed by atoms with Crippen LogP contribution in [0, 0.1) is 5.92 Å². The van der Waals surface area contributed by atoms with E-state index in [0.29, 0.717) is 18.9 Å². The van der Waals surface area contributed by atoms with E-state index in [1.165, 1.54) is 6.42 Å². The molecule has 4 nitrogen and oxygen atoms in total. The first-order valence-corrected chi connectivity index (χ1v) is 8.27. The SMILES string of the molecule is CCCC(CCN)CCC(=O)NC1(CO)CCCCC1. The Bertz CT molecular complexity index is 270. The minimum Gasteiger partial charge on any atom is -0.394 e. The van der Waals surface area contributed by atoms with Gasteiger partial charge in [-0.15, -0.1) is 0 Å². The van der Waals surface area contributed by atoms with Gasteiger partial charge in [-0.25, -0.2) is 0 Å². The predicted octanol–water partition coefficient (Wildman–Crippen LogP) is 2.34. The number of nitrogens with one attached hydrogen (secondary N) is 1. The first kappa shape index (κ1) is 17.4. The Hall–Kier alpha value is -0.610. The summed E-state index contributed by atoms with van der Waals surface area (Å²) in [4.78, 5) is 12.1. The molecule has 1 saturated carbocycles. The molecule has 1 fully saturated rings. The van der Waals surface area contributed by atoms with Crippen LogP contribution in [0.15, 0.2) is 0 Å². The second-order valence-corrected chi connectivity index (χ2v) is 6.32. The lowest BCUT2D eigenvalue weighted by atomic mass is 9.82. The number of carbonyl (C=O) groups is 1. The van der Waals surface area contributed by atoms with E-state index in [1.807, 2.05) is 0 Å². The van der Waals surface area contributed by atoms with Crippen molar-refractivity contribution in [1.82, 2.24) is 5.32 Å². The quantitative estimate of drug-likeness (QED) is 0.608. The summed E-state index contributed by atoms with van der Waals surface area (Å²) in [5.41, 5.74) is 5.28. The highest BCUT2D eigenvalue weighted by atomic mass is 16.3. The molecule has 0 aromatic rings. The molecular weight excluding hydrogens is 252 g/mol. The molecule has 0 bridgehead atoms. The molecule has 0 spiro atoms. The van der Waals surface area contributed by atoms with Crippen LogP contribution in [0.25, 0.3) is 0 Å². The van der Waals surface area contributed by atoms with E-state index in [1.54, 1.807) is 0 Å². The average Bonchev–Trinajstić information content (AvgIpc) is 2.46. The summed E-state index contributed by atoms with van der Waals surface area (Å²) >= 11 is 0. The van der Waals surface area contributed by atoms with E-state index >= 15 is 0 Å². The molecule has 0 aliphatic heterocycles. The van der Waals surface area contributed by atoms with Crippen molar-refractivity contribution in [3.63, 3.8) is 0 Å². The van der Waals surface area contributed by atoms with E-state index in [4.69, 9.17) is 5.73 Å². The Morgan fingerprint density at radius 3 is 2.50 bits per heavy atom. The van der Waals surface area contributed by atoms with E-state index < -0.39 is 0 Å². The normalized spacial score (nSPS) is 19.6. The van der Waals surface area contributed by atoms with Crippen molar-refractivity contribution in [3.8, 4) is 0 Å². The molecule has 1 rings (SSSR count). The summed E-state index contributed by atoms with van der Waals surface area (Å²) in [6.45, 7) is 2.94. The summed E-state index contributed by atoms with van der Waals surface area (Å²) in [6, 6.07) is 0. The second kappa shape index (κ2) is 9.35. The Balaban J connectivity index is 2.37. The molecule has 0 aromatic carbocycles. The fourth-order valence-corrected chi connectivity index (χ4v) is 3.32. The van der Waals surface area contributed by atoms with Crippen molar-refractivity contribution < 1.29 is 9.90 Å². The molecule has 1 aliphatic rings. The standard InChI is InChI=1S/C16H32N2O2/c1-2-6-14(9-12-17)7-8-15(20)18-16(13-19)10-4-3-5-11-16/h14,19H,2-13,17H2,1H3,(H,18,20). The van der Waals surface area contributed by atoms with Gasteiger partial charge in [-0.05, 0) is 38.1 Å². The van der Waals surface area contributed by atoms with Crippen LogP contribution in [-0.4, -0.2) is 29.7 Å². The van der Waals surface area contributed by atoms with Crippen LogP contribution in [0.5, 0.6) is 0 Å². The Morgan fingerprint density at radius 1 is 1.25 bits per heavy atom. The lowest BCUT2D eigenvalue weighted by molar-refractivity contribution is -0.124. The van der Waals surface area contributed by atoms with Gasteiger partial charge in [-0.2, -0.15) is 0 Å². The number of amides is 1. The molecule has 0 aromatic heterocycles. The minimum atomic E-state index is -0.344. The Labute approximate surface area is 123 Å². The van der Waals surface area contributed by atoms with Gasteiger partial charge in [0.1, 0.15) is 0 Å². The van der Waals surface area contributed by atoms with Crippen molar-refractivity contribution in [2.45, 2.75) is 76.7 Å². The first-order valence-electron chi connectivity index (χ1n) is 8.27. The van der Waals surface area contributed by atoms with Gasteiger partial charge in [0.2, 0.25) is 5.91 Å². The molecule has 1 atom stereocenters. The van der Waals surface area contributed by atoms with Gasteiger partial charge in [0.15, 0.2) is 0 Å². The van der Waals surface area contributed by atoms with Crippen LogP contribution < -0.4 is 11.1 Å². The van der Waals surface area contributed by atoms with Crippen LogP contribution in [0.1, 0.15) is 71.1 Å². The largest absolute Gasteiger partial charge is 0.394 e. The van der Waals surface area contributed by atoms with E-state index in [-0.39, 0.29) is 18.1 Å². The topological polar surface area (TPSA) is 75.4 Å². The third kappa shape index (κ3) is 5.80. The van der Waals surface area contributed by atoms with E-state index in [2.05, 4.69) is 12.2 Å². The molecule has 1 unspecified atom stereocenters. The predicted molar refractivity (Wildman–Crippen MR) is 82.3 cm³/mol. The lowest BCUT2D eigenvalue weighted by Crippen LogP contribution is -2.52. The Kier molecular flexibility index (Phi) is 8.15. The zero-order chi connectivity index (χ0) is 14.8. The number of rotatable bonds is 9.